The van der Waals surface area contributed by atoms with Crippen LogP contribution in [0.1, 0.15) is 117 Å². The second kappa shape index (κ2) is 20.7. The van der Waals surface area contributed by atoms with E-state index in [1.54, 1.807) is 11.6 Å². The lowest BCUT2D eigenvalue weighted by atomic mass is 9.99. The molecule has 0 saturated heterocycles. The Hall–Kier alpha value is -3.18. The summed E-state index contributed by atoms with van der Waals surface area (Å²) >= 11 is 1.83. The van der Waals surface area contributed by atoms with Gasteiger partial charge < -0.3 is 9.09 Å². The van der Waals surface area contributed by atoms with Crippen molar-refractivity contribution in [3.63, 3.8) is 0 Å². The molecule has 0 aliphatic heterocycles. The molecule has 0 aliphatic rings. The quantitative estimate of drug-likeness (QED) is 0.214. The number of aryl methyl sites for hydroxylation is 1. The molecule has 5 rings (SSSR count). The molecular formula is C36H54N2O2S. The van der Waals surface area contributed by atoms with Crippen molar-refractivity contribution in [1.29, 1.82) is 0 Å². The van der Waals surface area contributed by atoms with E-state index in [1.165, 1.54) is 10.4 Å². The van der Waals surface area contributed by atoms with Crippen molar-refractivity contribution in [3.8, 4) is 0 Å². The Morgan fingerprint density at radius 3 is 1.68 bits per heavy atom. The van der Waals surface area contributed by atoms with E-state index in [9.17, 15) is 4.79 Å². The molecular weight excluding hydrogens is 524 g/mol. The van der Waals surface area contributed by atoms with Crippen LogP contribution in [0, 0.1) is 0 Å². The molecule has 2 aromatic carbocycles. The number of nitrogens with zero attached hydrogens (tertiary/aromatic N) is 2. The van der Waals surface area contributed by atoms with Crippen molar-refractivity contribution in [2.24, 2.45) is 7.05 Å². The van der Waals surface area contributed by atoms with Crippen LogP contribution in [-0.4, -0.2) is 9.72 Å². The van der Waals surface area contributed by atoms with E-state index in [4.69, 9.17) is 4.52 Å². The number of para-hydroxylation sites is 1. The number of fused-ring (bicyclic) bond motifs is 2. The van der Waals surface area contributed by atoms with E-state index < -0.39 is 0 Å². The molecule has 0 unspecified atom stereocenters. The van der Waals surface area contributed by atoms with Crippen molar-refractivity contribution >= 4 is 33.1 Å². The highest BCUT2D eigenvalue weighted by Crippen LogP contribution is 2.24. The molecule has 0 N–H and O–H groups in total. The molecule has 4 nitrogen and oxygen atoms in total. The van der Waals surface area contributed by atoms with Crippen molar-refractivity contribution in [2.45, 2.75) is 101 Å². The van der Waals surface area contributed by atoms with Gasteiger partial charge in [0.1, 0.15) is 0 Å². The maximum absolute atomic E-state index is 11.9. The fraction of sp³-hybridized carbons (Fsp3) is 0.444. The van der Waals surface area contributed by atoms with E-state index in [0.717, 1.165) is 27.4 Å². The average molecular weight is 579 g/mol. The van der Waals surface area contributed by atoms with Gasteiger partial charge in [-0.15, -0.1) is 11.3 Å². The van der Waals surface area contributed by atoms with Crippen LogP contribution in [0.3, 0.4) is 0 Å². The molecule has 0 bridgehead atoms. The summed E-state index contributed by atoms with van der Waals surface area (Å²) in [4.78, 5) is 13.3. The zero-order valence-corrected chi connectivity index (χ0v) is 28.6. The first-order chi connectivity index (χ1) is 19.7. The summed E-state index contributed by atoms with van der Waals surface area (Å²) in [6.45, 7) is 24.9. The number of pyridine rings is 1. The van der Waals surface area contributed by atoms with Crippen LogP contribution in [0.25, 0.3) is 21.7 Å². The second-order valence-electron chi connectivity index (χ2n) is 9.59. The normalized spacial score (nSPS) is 9.85. The van der Waals surface area contributed by atoms with Crippen LogP contribution in [-0.2, 0) is 7.05 Å². The summed E-state index contributed by atoms with van der Waals surface area (Å²) in [5.74, 6) is 1.56. The van der Waals surface area contributed by atoms with E-state index >= 15 is 0 Å². The minimum atomic E-state index is 0.0787. The van der Waals surface area contributed by atoms with Crippen molar-refractivity contribution in [1.82, 2.24) is 9.72 Å². The molecule has 0 spiro atoms. The van der Waals surface area contributed by atoms with Gasteiger partial charge >= 0.3 is 0 Å². The Bertz CT molecular complexity index is 1410. The minimum absolute atomic E-state index is 0.0787. The molecule has 0 atom stereocenters. The van der Waals surface area contributed by atoms with Crippen LogP contribution in [0.4, 0.5) is 0 Å². The minimum Gasteiger partial charge on any atom is -0.356 e. The SMILES string of the molecule is CC.CC.CC.CC(C)c1cccs1.CC(C)c1cn(C)c(=O)c2ccccc12.CC(C)c1noc2ccccc12. The number of hydrogen-bond donors (Lipinski definition) is 0. The van der Waals surface area contributed by atoms with Crippen LogP contribution in [0.2, 0.25) is 0 Å². The van der Waals surface area contributed by atoms with Gasteiger partial charge in [-0.2, -0.15) is 0 Å². The monoisotopic (exact) mass is 578 g/mol. The summed E-state index contributed by atoms with van der Waals surface area (Å²) in [7, 11) is 1.81. The van der Waals surface area contributed by atoms with Crippen LogP contribution in [0.15, 0.2) is 81.6 Å². The van der Waals surface area contributed by atoms with Crippen molar-refractivity contribution in [2.75, 3.05) is 0 Å². The fourth-order valence-electron chi connectivity index (χ4n) is 3.85. The zero-order chi connectivity index (χ0) is 31.5. The van der Waals surface area contributed by atoms with Gasteiger partial charge in [-0.25, -0.2) is 0 Å². The number of hydrogen-bond acceptors (Lipinski definition) is 4. The Morgan fingerprint density at radius 1 is 0.683 bits per heavy atom. The van der Waals surface area contributed by atoms with Gasteiger partial charge in [-0.05, 0) is 58.3 Å². The van der Waals surface area contributed by atoms with Gasteiger partial charge in [0.2, 0.25) is 0 Å². The van der Waals surface area contributed by atoms with Crippen molar-refractivity contribution < 1.29 is 4.52 Å². The molecule has 0 aliphatic carbocycles. The maximum atomic E-state index is 11.9. The third-order valence-corrected chi connectivity index (χ3v) is 6.98. The number of rotatable bonds is 3. The topological polar surface area (TPSA) is 48.0 Å². The highest BCUT2D eigenvalue weighted by Gasteiger charge is 2.10. The lowest BCUT2D eigenvalue weighted by Gasteiger charge is -2.11. The Balaban J connectivity index is 0.000000553. The fourth-order valence-corrected chi connectivity index (χ4v) is 4.59. The van der Waals surface area contributed by atoms with E-state index in [0.29, 0.717) is 17.8 Å². The largest absolute Gasteiger partial charge is 0.356 e. The summed E-state index contributed by atoms with van der Waals surface area (Å²) in [5.41, 5.74) is 3.23. The molecule has 226 valence electrons. The summed E-state index contributed by atoms with van der Waals surface area (Å²) in [6, 6.07) is 20.0. The summed E-state index contributed by atoms with van der Waals surface area (Å²) < 4.78 is 6.82. The van der Waals surface area contributed by atoms with Crippen LogP contribution < -0.4 is 5.56 Å². The molecule has 0 saturated carbocycles. The smallest absolute Gasteiger partial charge is 0.258 e. The molecule has 5 aromatic rings. The zero-order valence-electron chi connectivity index (χ0n) is 27.8. The maximum Gasteiger partial charge on any atom is 0.258 e. The van der Waals surface area contributed by atoms with E-state index in [-0.39, 0.29) is 5.56 Å². The number of thiophene rings is 1. The Morgan fingerprint density at radius 2 is 1.22 bits per heavy atom. The molecule has 0 radical (unpaired) electrons. The highest BCUT2D eigenvalue weighted by atomic mass is 32.1. The lowest BCUT2D eigenvalue weighted by Crippen LogP contribution is -2.17. The first-order valence-corrected chi connectivity index (χ1v) is 16.0. The van der Waals surface area contributed by atoms with Gasteiger partial charge in [0.25, 0.3) is 5.56 Å². The standard InChI is InChI=1S/C13H15NO.C10H11NO.C7H10S.3C2H6/c1-9(2)12-8-14(3)13(15)11-7-5-4-6-10(11)12;1-7(2)10-8-5-3-4-6-9(8)12-11-10;1-6(2)7-4-3-5-8-7;3*1-2/h4-9H,1-3H3;3-7H,1-2H3;3-6H,1-2H3;3*1-2H3. The molecule has 5 heteroatoms. The summed E-state index contributed by atoms with van der Waals surface area (Å²) in [5, 5.41) is 9.16. The highest BCUT2D eigenvalue weighted by molar-refractivity contribution is 7.10. The van der Waals surface area contributed by atoms with Gasteiger partial charge in [-0.3, -0.25) is 4.79 Å². The Kier molecular flexibility index (Phi) is 19.1. The van der Waals surface area contributed by atoms with E-state index in [2.05, 4.69) is 64.2 Å². The van der Waals surface area contributed by atoms with E-state index in [1.807, 2.05) is 108 Å². The van der Waals surface area contributed by atoms with Crippen molar-refractivity contribution in [3.05, 3.63) is 98.7 Å². The predicted molar refractivity (Wildman–Crippen MR) is 184 cm³/mol. The first kappa shape index (κ1) is 37.8. The first-order valence-electron chi connectivity index (χ1n) is 15.2. The molecule has 0 fully saturated rings. The number of benzene rings is 2. The van der Waals surface area contributed by atoms with Crippen LogP contribution >= 0.6 is 11.3 Å². The second-order valence-corrected chi connectivity index (χ2v) is 10.6. The molecule has 3 heterocycles. The third kappa shape index (κ3) is 11.3. The average Bonchev–Trinajstić information content (AvgIpc) is 3.70. The summed E-state index contributed by atoms with van der Waals surface area (Å²) in [6.07, 6.45) is 1.94. The van der Waals surface area contributed by atoms with Gasteiger partial charge in [0.15, 0.2) is 5.58 Å². The molecule has 3 aromatic heterocycles. The lowest BCUT2D eigenvalue weighted by molar-refractivity contribution is 0.441. The predicted octanol–water partition coefficient (Wildman–Crippen LogP) is 11.6. The van der Waals surface area contributed by atoms with Crippen LogP contribution in [0.5, 0.6) is 0 Å². The number of aromatic nitrogens is 2. The van der Waals surface area contributed by atoms with Gasteiger partial charge in [0, 0.05) is 28.9 Å². The van der Waals surface area contributed by atoms with Gasteiger partial charge in [-0.1, -0.05) is 125 Å². The molecule has 0 amide bonds. The third-order valence-electron chi connectivity index (χ3n) is 5.81. The Labute approximate surface area is 253 Å². The van der Waals surface area contributed by atoms with Gasteiger partial charge in [0.05, 0.1) is 5.69 Å². The molecule has 41 heavy (non-hydrogen) atoms.